The van der Waals surface area contributed by atoms with Gasteiger partial charge < -0.3 is 16.0 Å². The van der Waals surface area contributed by atoms with Gasteiger partial charge in [-0.15, -0.1) is 0 Å². The van der Waals surface area contributed by atoms with E-state index in [4.69, 9.17) is 4.74 Å². The van der Waals surface area contributed by atoms with Crippen molar-refractivity contribution in [2.75, 3.05) is 13.1 Å². The molecule has 4 N–H and O–H groups in total. The molecule has 1 aliphatic heterocycles. The number of aromatic hydroxyl groups is 1. The zero-order valence-corrected chi connectivity index (χ0v) is 22.3. The maximum absolute atomic E-state index is 10.5. The summed E-state index contributed by atoms with van der Waals surface area (Å²) in [6.45, 7) is 20.0. The molecule has 4 nitrogen and oxygen atoms in total. The third-order valence-electron chi connectivity index (χ3n) is 7.61. The summed E-state index contributed by atoms with van der Waals surface area (Å²) in [5, 5.41) is 10.5. The lowest BCUT2D eigenvalue weighted by molar-refractivity contribution is 0.00734. The Morgan fingerprint density at radius 1 is 1.00 bits per heavy atom. The van der Waals surface area contributed by atoms with Gasteiger partial charge >= 0.3 is 0 Å². The molecular weight excluding hydrogens is 408 g/mol. The molecule has 0 unspecified atom stereocenters. The highest BCUT2D eigenvalue weighted by atomic mass is 16.5. The van der Waals surface area contributed by atoms with E-state index in [0.29, 0.717) is 18.4 Å². The highest BCUT2D eigenvalue weighted by Crippen LogP contribution is 2.57. The number of phenols is 1. The predicted octanol–water partition coefficient (Wildman–Crippen LogP) is 7.13. The molecule has 33 heavy (non-hydrogen) atoms. The minimum absolute atomic E-state index is 0. The lowest BCUT2D eigenvalue weighted by atomic mass is 9.54. The number of fused-ring (bicyclic) bond motifs is 2. The fraction of sp³-hybridized carbons (Fsp3) is 0.586. The molecule has 0 bridgehead atoms. The average molecular weight is 457 g/mol. The summed E-state index contributed by atoms with van der Waals surface area (Å²) in [6.07, 6.45) is 2.29. The van der Waals surface area contributed by atoms with Crippen LogP contribution in [0.4, 0.5) is 0 Å². The SMILES string of the molecule is CC.CC.C[C@H](CN1CC[C@@]2(C)[C@H]1Cc1c(O)cccc1C2(C)C)OCc1ccccc1.N. The third-order valence-corrected chi connectivity index (χ3v) is 7.61. The largest absolute Gasteiger partial charge is 0.508 e. The zero-order valence-electron chi connectivity index (χ0n) is 22.3. The van der Waals surface area contributed by atoms with E-state index in [2.05, 4.69) is 62.9 Å². The highest BCUT2D eigenvalue weighted by Gasteiger charge is 2.56. The fourth-order valence-electron chi connectivity index (χ4n) is 5.47. The molecule has 186 valence electrons. The van der Waals surface area contributed by atoms with Crippen LogP contribution in [0.15, 0.2) is 48.5 Å². The topological polar surface area (TPSA) is 67.7 Å². The second-order valence-corrected chi connectivity index (χ2v) is 9.42. The van der Waals surface area contributed by atoms with Gasteiger partial charge in [0.25, 0.3) is 0 Å². The van der Waals surface area contributed by atoms with Crippen LogP contribution in [0.1, 0.15) is 78.5 Å². The molecule has 0 spiro atoms. The van der Waals surface area contributed by atoms with E-state index < -0.39 is 0 Å². The smallest absolute Gasteiger partial charge is 0.119 e. The van der Waals surface area contributed by atoms with Gasteiger partial charge in [0.2, 0.25) is 0 Å². The Labute approximate surface area is 202 Å². The van der Waals surface area contributed by atoms with Crippen LogP contribution in [-0.4, -0.2) is 35.2 Å². The first-order valence-corrected chi connectivity index (χ1v) is 12.5. The van der Waals surface area contributed by atoms with Crippen LogP contribution in [0.25, 0.3) is 0 Å². The summed E-state index contributed by atoms with van der Waals surface area (Å²) in [5.74, 6) is 0.452. The summed E-state index contributed by atoms with van der Waals surface area (Å²) < 4.78 is 6.16. The molecule has 1 aliphatic carbocycles. The number of hydrogen-bond acceptors (Lipinski definition) is 4. The number of ether oxygens (including phenoxy) is 1. The van der Waals surface area contributed by atoms with Crippen molar-refractivity contribution in [3.63, 3.8) is 0 Å². The number of nitrogens with zero attached hydrogens (tertiary/aromatic N) is 1. The van der Waals surface area contributed by atoms with Crippen LogP contribution >= 0.6 is 0 Å². The normalized spacial score (nSPS) is 23.5. The van der Waals surface area contributed by atoms with Crippen LogP contribution in [0.3, 0.4) is 0 Å². The predicted molar refractivity (Wildman–Crippen MR) is 141 cm³/mol. The summed E-state index contributed by atoms with van der Waals surface area (Å²) in [6, 6.07) is 16.9. The third kappa shape index (κ3) is 5.79. The van der Waals surface area contributed by atoms with Crippen LogP contribution < -0.4 is 6.15 Å². The molecule has 2 aromatic carbocycles. The van der Waals surface area contributed by atoms with Gasteiger partial charge in [-0.2, -0.15) is 0 Å². The van der Waals surface area contributed by atoms with Crippen molar-refractivity contribution in [2.24, 2.45) is 5.41 Å². The highest BCUT2D eigenvalue weighted by molar-refractivity contribution is 5.48. The molecule has 4 heteroatoms. The number of likely N-dealkylation sites (tertiary alicyclic amines) is 1. The first kappa shape index (κ1) is 29.2. The summed E-state index contributed by atoms with van der Waals surface area (Å²) in [7, 11) is 0. The Bertz CT molecular complexity index is 837. The Kier molecular flexibility index (Phi) is 11.1. The summed E-state index contributed by atoms with van der Waals surface area (Å²) >= 11 is 0. The summed E-state index contributed by atoms with van der Waals surface area (Å²) in [4.78, 5) is 2.60. The molecule has 1 fully saturated rings. The molecule has 0 amide bonds. The molecule has 2 aliphatic rings. The second-order valence-electron chi connectivity index (χ2n) is 9.42. The van der Waals surface area contributed by atoms with Crippen molar-refractivity contribution in [3.05, 3.63) is 65.2 Å². The van der Waals surface area contributed by atoms with Crippen molar-refractivity contribution in [1.29, 1.82) is 0 Å². The molecule has 4 rings (SSSR count). The Morgan fingerprint density at radius 2 is 1.64 bits per heavy atom. The summed E-state index contributed by atoms with van der Waals surface area (Å²) in [5.41, 5.74) is 3.92. The van der Waals surface area contributed by atoms with Crippen molar-refractivity contribution < 1.29 is 9.84 Å². The Morgan fingerprint density at radius 3 is 2.27 bits per heavy atom. The van der Waals surface area contributed by atoms with E-state index in [1.807, 2.05) is 45.9 Å². The maximum atomic E-state index is 10.5. The van der Waals surface area contributed by atoms with Crippen molar-refractivity contribution in [2.45, 2.75) is 92.4 Å². The molecule has 3 atom stereocenters. The van der Waals surface area contributed by atoms with E-state index in [0.717, 1.165) is 25.1 Å². The van der Waals surface area contributed by atoms with Gasteiger partial charge in [-0.1, -0.05) is 90.9 Å². The monoisotopic (exact) mass is 456 g/mol. The van der Waals surface area contributed by atoms with Gasteiger partial charge in [0.1, 0.15) is 5.75 Å². The lowest BCUT2D eigenvalue weighted by Gasteiger charge is -2.52. The van der Waals surface area contributed by atoms with E-state index in [9.17, 15) is 5.11 Å². The molecule has 1 saturated heterocycles. The fourth-order valence-corrected chi connectivity index (χ4v) is 5.47. The number of rotatable bonds is 5. The van der Waals surface area contributed by atoms with Gasteiger partial charge in [0.15, 0.2) is 0 Å². The molecule has 0 saturated carbocycles. The van der Waals surface area contributed by atoms with Crippen LogP contribution in [0, 0.1) is 5.41 Å². The van der Waals surface area contributed by atoms with Crippen LogP contribution in [-0.2, 0) is 23.2 Å². The van der Waals surface area contributed by atoms with Crippen molar-refractivity contribution in [3.8, 4) is 5.75 Å². The van der Waals surface area contributed by atoms with E-state index >= 15 is 0 Å². The van der Waals surface area contributed by atoms with Gasteiger partial charge in [-0.3, -0.25) is 4.90 Å². The van der Waals surface area contributed by atoms with Crippen LogP contribution in [0.5, 0.6) is 5.75 Å². The molecule has 0 aromatic heterocycles. The first-order valence-electron chi connectivity index (χ1n) is 12.5. The zero-order chi connectivity index (χ0) is 23.9. The Hall–Kier alpha value is -1.88. The number of phenolic OH excluding ortho intramolecular Hbond substituents is 1. The molecule has 2 aromatic rings. The first-order chi connectivity index (χ1) is 15.3. The molecule has 0 radical (unpaired) electrons. The number of hydrogen-bond donors (Lipinski definition) is 2. The average Bonchev–Trinajstić information content (AvgIpc) is 3.14. The van der Waals surface area contributed by atoms with Crippen molar-refractivity contribution in [1.82, 2.24) is 11.1 Å². The number of benzene rings is 2. The van der Waals surface area contributed by atoms with Gasteiger partial charge in [0.05, 0.1) is 12.7 Å². The minimum Gasteiger partial charge on any atom is -0.508 e. The quantitative estimate of drug-likeness (QED) is 0.502. The minimum atomic E-state index is 0. The molecular formula is C29H48N2O2. The second kappa shape index (κ2) is 12.5. The van der Waals surface area contributed by atoms with Crippen molar-refractivity contribution >= 4 is 0 Å². The van der Waals surface area contributed by atoms with Gasteiger partial charge in [0, 0.05) is 12.6 Å². The van der Waals surface area contributed by atoms with E-state index in [1.165, 1.54) is 17.5 Å². The van der Waals surface area contributed by atoms with Crippen LogP contribution in [0.2, 0.25) is 0 Å². The molecule has 1 heterocycles. The van der Waals surface area contributed by atoms with Gasteiger partial charge in [-0.25, -0.2) is 0 Å². The lowest BCUT2D eigenvalue weighted by Crippen LogP contribution is -2.54. The van der Waals surface area contributed by atoms with Gasteiger partial charge in [-0.05, 0) is 59.9 Å². The van der Waals surface area contributed by atoms with E-state index in [1.54, 1.807) is 0 Å². The maximum Gasteiger partial charge on any atom is 0.119 e. The van der Waals surface area contributed by atoms with E-state index in [-0.39, 0.29) is 23.1 Å². The Balaban J connectivity index is 0.00000103. The standard InChI is InChI=1S/C25H33NO2.2C2H6.H3N/c1-18(28-17-19-9-6-5-7-10-19)16-26-14-13-25(4)23(26)15-20-21(24(25,2)3)11-8-12-22(20)27;2*1-2;/h5-12,18,23,27H,13-17H2,1-4H3;2*1-2H3;1H3/t18-,23-,25+;;;/m1.../s1.